The van der Waals surface area contributed by atoms with Gasteiger partial charge in [0.15, 0.2) is 0 Å². The van der Waals surface area contributed by atoms with Gasteiger partial charge in [0, 0.05) is 31.7 Å². The van der Waals surface area contributed by atoms with Crippen LogP contribution < -0.4 is 10.1 Å². The van der Waals surface area contributed by atoms with Crippen LogP contribution in [0.15, 0.2) is 12.1 Å². The third-order valence-corrected chi connectivity index (χ3v) is 3.62. The number of carbonyl (C=O) groups excluding carboxylic acids is 1. The van der Waals surface area contributed by atoms with Crippen LogP contribution in [0, 0.1) is 13.8 Å². The first-order valence-corrected chi connectivity index (χ1v) is 7.37. The second-order valence-corrected chi connectivity index (χ2v) is 5.32. The number of carbonyl (C=O) groups is 1. The van der Waals surface area contributed by atoms with Crippen LogP contribution in [0.2, 0.25) is 0 Å². The minimum atomic E-state index is 0.133. The zero-order chi connectivity index (χ0) is 14.5. The number of amides is 1. The highest BCUT2D eigenvalue weighted by molar-refractivity contribution is 5.96. The van der Waals surface area contributed by atoms with E-state index in [0.29, 0.717) is 6.61 Å². The number of ether oxygens (including phenoxy) is 1. The van der Waals surface area contributed by atoms with Crippen molar-refractivity contribution in [2.75, 3.05) is 32.8 Å². The number of nitrogens with zero attached hydrogens (tertiary/aromatic N) is 1. The summed E-state index contributed by atoms with van der Waals surface area (Å²) >= 11 is 0. The summed E-state index contributed by atoms with van der Waals surface area (Å²) in [6.07, 6.45) is 0.986. The van der Waals surface area contributed by atoms with E-state index < -0.39 is 0 Å². The molecule has 0 bridgehead atoms. The molecule has 0 radical (unpaired) electrons. The molecule has 110 valence electrons. The van der Waals surface area contributed by atoms with Gasteiger partial charge in [0.2, 0.25) is 0 Å². The van der Waals surface area contributed by atoms with Gasteiger partial charge in [-0.1, -0.05) is 6.92 Å². The Bertz CT molecular complexity index is 480. The van der Waals surface area contributed by atoms with Gasteiger partial charge in [0.1, 0.15) is 5.75 Å². The van der Waals surface area contributed by atoms with Crippen LogP contribution in [0.3, 0.4) is 0 Å². The van der Waals surface area contributed by atoms with Crippen molar-refractivity contribution in [2.45, 2.75) is 27.2 Å². The quantitative estimate of drug-likeness (QED) is 0.916. The zero-order valence-corrected chi connectivity index (χ0v) is 12.7. The van der Waals surface area contributed by atoms with E-state index in [2.05, 4.69) is 12.2 Å². The van der Waals surface area contributed by atoms with E-state index in [-0.39, 0.29) is 5.91 Å². The topological polar surface area (TPSA) is 41.6 Å². The third-order valence-electron chi connectivity index (χ3n) is 3.62. The molecule has 0 aromatic heterocycles. The van der Waals surface area contributed by atoms with Gasteiger partial charge >= 0.3 is 0 Å². The van der Waals surface area contributed by atoms with E-state index in [0.717, 1.165) is 55.0 Å². The van der Waals surface area contributed by atoms with Gasteiger partial charge in [0.05, 0.1) is 6.61 Å². The summed E-state index contributed by atoms with van der Waals surface area (Å²) in [5.41, 5.74) is 2.82. The average molecular weight is 276 g/mol. The fraction of sp³-hybridized carbons (Fsp3) is 0.562. The van der Waals surface area contributed by atoms with Crippen LogP contribution in [-0.2, 0) is 0 Å². The minimum Gasteiger partial charge on any atom is -0.493 e. The van der Waals surface area contributed by atoms with Gasteiger partial charge in [-0.3, -0.25) is 4.79 Å². The molecule has 1 amide bonds. The van der Waals surface area contributed by atoms with Crippen LogP contribution in [0.25, 0.3) is 0 Å². The number of hydrogen-bond acceptors (Lipinski definition) is 3. The molecule has 20 heavy (non-hydrogen) atoms. The Kier molecular flexibility index (Phi) is 5.01. The van der Waals surface area contributed by atoms with Crippen LogP contribution in [0.1, 0.15) is 34.8 Å². The van der Waals surface area contributed by atoms with E-state index in [1.54, 1.807) is 0 Å². The van der Waals surface area contributed by atoms with E-state index in [1.807, 2.05) is 30.9 Å². The number of hydrogen-bond donors (Lipinski definition) is 1. The number of piperazine rings is 1. The smallest absolute Gasteiger partial charge is 0.254 e. The van der Waals surface area contributed by atoms with Crippen molar-refractivity contribution in [1.82, 2.24) is 10.2 Å². The molecular weight excluding hydrogens is 252 g/mol. The maximum absolute atomic E-state index is 12.6. The number of rotatable bonds is 4. The summed E-state index contributed by atoms with van der Waals surface area (Å²) in [5.74, 6) is 1.02. The van der Waals surface area contributed by atoms with Crippen LogP contribution in [0.4, 0.5) is 0 Å². The van der Waals surface area contributed by atoms with E-state index in [1.165, 1.54) is 0 Å². The molecule has 2 rings (SSSR count). The second kappa shape index (κ2) is 6.75. The predicted molar refractivity (Wildman–Crippen MR) is 80.5 cm³/mol. The lowest BCUT2D eigenvalue weighted by molar-refractivity contribution is 0.0735. The van der Waals surface area contributed by atoms with Gasteiger partial charge in [-0.2, -0.15) is 0 Å². The van der Waals surface area contributed by atoms with Gasteiger partial charge < -0.3 is 15.0 Å². The Morgan fingerprint density at radius 1 is 1.25 bits per heavy atom. The van der Waals surface area contributed by atoms with Crippen LogP contribution in [0.5, 0.6) is 5.75 Å². The van der Waals surface area contributed by atoms with E-state index in [4.69, 9.17) is 4.74 Å². The number of benzene rings is 1. The minimum absolute atomic E-state index is 0.133. The summed E-state index contributed by atoms with van der Waals surface area (Å²) in [5, 5.41) is 3.27. The van der Waals surface area contributed by atoms with Crippen molar-refractivity contribution in [3.63, 3.8) is 0 Å². The van der Waals surface area contributed by atoms with Gasteiger partial charge in [0.25, 0.3) is 5.91 Å². The summed E-state index contributed by atoms with van der Waals surface area (Å²) in [6, 6.07) is 3.95. The highest BCUT2D eigenvalue weighted by Gasteiger charge is 2.20. The molecule has 4 nitrogen and oxygen atoms in total. The zero-order valence-electron chi connectivity index (χ0n) is 12.7. The van der Waals surface area contributed by atoms with Crippen molar-refractivity contribution >= 4 is 5.91 Å². The Morgan fingerprint density at radius 3 is 2.60 bits per heavy atom. The largest absolute Gasteiger partial charge is 0.493 e. The molecule has 0 atom stereocenters. The molecule has 0 aliphatic carbocycles. The Morgan fingerprint density at radius 2 is 1.95 bits per heavy atom. The molecule has 1 aromatic rings. The molecule has 1 N–H and O–H groups in total. The molecule has 1 fully saturated rings. The molecule has 1 aromatic carbocycles. The molecular formula is C16H24N2O2. The molecule has 0 spiro atoms. The van der Waals surface area contributed by atoms with E-state index in [9.17, 15) is 4.79 Å². The lowest BCUT2D eigenvalue weighted by Gasteiger charge is -2.28. The van der Waals surface area contributed by atoms with Gasteiger partial charge in [-0.25, -0.2) is 0 Å². The fourth-order valence-corrected chi connectivity index (χ4v) is 2.43. The Labute approximate surface area is 121 Å². The van der Waals surface area contributed by atoms with Gasteiger partial charge in [-0.05, 0) is 43.5 Å². The summed E-state index contributed by atoms with van der Waals surface area (Å²) < 4.78 is 5.71. The average Bonchev–Trinajstić information content (AvgIpc) is 2.48. The number of aryl methyl sites for hydroxylation is 2. The predicted octanol–water partition coefficient (Wildman–Crippen LogP) is 2.14. The highest BCUT2D eigenvalue weighted by atomic mass is 16.5. The van der Waals surface area contributed by atoms with Crippen molar-refractivity contribution < 1.29 is 9.53 Å². The molecule has 0 unspecified atom stereocenters. The molecule has 4 heteroatoms. The molecule has 1 saturated heterocycles. The first-order chi connectivity index (χ1) is 9.63. The van der Waals surface area contributed by atoms with E-state index >= 15 is 0 Å². The van der Waals surface area contributed by atoms with Crippen molar-refractivity contribution in [3.8, 4) is 5.75 Å². The molecule has 1 aliphatic rings. The fourth-order valence-electron chi connectivity index (χ4n) is 2.43. The highest BCUT2D eigenvalue weighted by Crippen LogP contribution is 2.24. The van der Waals surface area contributed by atoms with Gasteiger partial charge in [-0.15, -0.1) is 0 Å². The molecule has 1 aliphatic heterocycles. The molecule has 0 saturated carbocycles. The summed E-state index contributed by atoms with van der Waals surface area (Å²) in [6.45, 7) is 10.1. The summed E-state index contributed by atoms with van der Waals surface area (Å²) in [7, 11) is 0. The Balaban J connectivity index is 2.19. The van der Waals surface area contributed by atoms with Crippen LogP contribution in [-0.4, -0.2) is 43.6 Å². The standard InChI is InChI=1S/C16H24N2O2/c1-4-9-20-15-11-12(2)14(10-13(15)3)16(19)18-7-5-17-6-8-18/h10-11,17H,4-9H2,1-3H3. The lowest BCUT2D eigenvalue weighted by atomic mass is 10.0. The monoisotopic (exact) mass is 276 g/mol. The molecule has 1 heterocycles. The maximum Gasteiger partial charge on any atom is 0.254 e. The summed E-state index contributed by atoms with van der Waals surface area (Å²) in [4.78, 5) is 14.5. The first-order valence-electron chi connectivity index (χ1n) is 7.37. The maximum atomic E-state index is 12.6. The normalized spacial score (nSPS) is 15.2. The second-order valence-electron chi connectivity index (χ2n) is 5.32. The number of nitrogens with one attached hydrogen (secondary N) is 1. The lowest BCUT2D eigenvalue weighted by Crippen LogP contribution is -2.46. The van der Waals surface area contributed by atoms with Crippen molar-refractivity contribution in [1.29, 1.82) is 0 Å². The van der Waals surface area contributed by atoms with Crippen molar-refractivity contribution in [2.24, 2.45) is 0 Å². The third kappa shape index (κ3) is 3.31. The first kappa shape index (κ1) is 14.9. The van der Waals surface area contributed by atoms with Crippen LogP contribution >= 0.6 is 0 Å². The Hall–Kier alpha value is -1.55. The van der Waals surface area contributed by atoms with Crippen molar-refractivity contribution in [3.05, 3.63) is 28.8 Å². The SMILES string of the molecule is CCCOc1cc(C)c(C(=O)N2CCNCC2)cc1C.